The lowest BCUT2D eigenvalue weighted by Crippen LogP contribution is -2.29. The quantitative estimate of drug-likeness (QED) is 0.745. The Morgan fingerprint density at radius 2 is 1.88 bits per heavy atom. The van der Waals surface area contributed by atoms with Gasteiger partial charge in [0.2, 0.25) is 5.91 Å². The molecular formula is C19H20N4O. The average molecular weight is 320 g/mol. The van der Waals surface area contributed by atoms with E-state index in [1.165, 1.54) is 0 Å². The smallest absolute Gasteiger partial charge is 0.228 e. The van der Waals surface area contributed by atoms with Crippen molar-refractivity contribution in [3.05, 3.63) is 53.9 Å². The third kappa shape index (κ3) is 2.77. The van der Waals surface area contributed by atoms with Crippen LogP contribution in [0.1, 0.15) is 24.2 Å². The fraction of sp³-hybridized carbons (Fsp3) is 0.316. The molecule has 1 aliphatic heterocycles. The topological polar surface area (TPSA) is 50.5 Å². The van der Waals surface area contributed by atoms with Crippen LogP contribution in [0.15, 0.2) is 42.5 Å². The van der Waals surface area contributed by atoms with Crippen molar-refractivity contribution in [1.29, 1.82) is 0 Å². The number of aromatic nitrogens is 3. The number of amides is 1. The summed E-state index contributed by atoms with van der Waals surface area (Å²) in [5.41, 5.74) is 4.60. The van der Waals surface area contributed by atoms with Crippen molar-refractivity contribution in [2.45, 2.75) is 26.2 Å². The van der Waals surface area contributed by atoms with E-state index in [1.54, 1.807) is 0 Å². The molecule has 122 valence electrons. The minimum absolute atomic E-state index is 0.164. The van der Waals surface area contributed by atoms with Crippen LogP contribution in [0.25, 0.3) is 16.9 Å². The Morgan fingerprint density at radius 1 is 1.12 bits per heavy atom. The molecule has 0 saturated carbocycles. The minimum Gasteiger partial charge on any atom is -0.342 e. The van der Waals surface area contributed by atoms with Gasteiger partial charge in [0, 0.05) is 30.4 Å². The number of aryl methyl sites for hydroxylation is 1. The Balaban J connectivity index is 1.65. The summed E-state index contributed by atoms with van der Waals surface area (Å²) < 4.78 is 1.82. The lowest BCUT2D eigenvalue weighted by Gasteiger charge is -2.13. The molecule has 1 fully saturated rings. The fourth-order valence-electron chi connectivity index (χ4n) is 3.25. The molecule has 1 aromatic carbocycles. The van der Waals surface area contributed by atoms with Crippen molar-refractivity contribution in [2.75, 3.05) is 13.1 Å². The number of carbonyl (C=O) groups is 1. The van der Waals surface area contributed by atoms with Crippen molar-refractivity contribution in [3.63, 3.8) is 0 Å². The maximum Gasteiger partial charge on any atom is 0.228 e. The highest BCUT2D eigenvalue weighted by Crippen LogP contribution is 2.20. The van der Waals surface area contributed by atoms with E-state index in [9.17, 15) is 4.79 Å². The van der Waals surface area contributed by atoms with Gasteiger partial charge in [-0.1, -0.05) is 30.3 Å². The number of rotatable bonds is 3. The third-order valence-electron chi connectivity index (χ3n) is 4.52. The van der Waals surface area contributed by atoms with Crippen molar-refractivity contribution < 1.29 is 4.79 Å². The Kier molecular flexibility index (Phi) is 3.76. The molecule has 0 spiro atoms. The predicted octanol–water partition coefficient (Wildman–Crippen LogP) is 2.87. The largest absolute Gasteiger partial charge is 0.342 e. The molecule has 0 N–H and O–H groups in total. The zero-order valence-electron chi connectivity index (χ0n) is 13.8. The molecule has 0 radical (unpaired) electrons. The van der Waals surface area contributed by atoms with Gasteiger partial charge >= 0.3 is 0 Å². The Labute approximate surface area is 140 Å². The average Bonchev–Trinajstić information content (AvgIpc) is 3.25. The summed E-state index contributed by atoms with van der Waals surface area (Å²) in [5, 5.41) is 4.57. The van der Waals surface area contributed by atoms with Gasteiger partial charge in [0.05, 0.1) is 17.8 Å². The molecule has 3 aromatic rings. The summed E-state index contributed by atoms with van der Waals surface area (Å²) in [4.78, 5) is 19.0. The molecule has 0 aliphatic carbocycles. The van der Waals surface area contributed by atoms with Crippen LogP contribution in [-0.4, -0.2) is 38.5 Å². The molecule has 24 heavy (non-hydrogen) atoms. The molecule has 0 atom stereocenters. The van der Waals surface area contributed by atoms with Crippen LogP contribution >= 0.6 is 0 Å². The van der Waals surface area contributed by atoms with Crippen LogP contribution in [-0.2, 0) is 11.2 Å². The fourth-order valence-corrected chi connectivity index (χ4v) is 3.25. The van der Waals surface area contributed by atoms with Crippen molar-refractivity contribution in [2.24, 2.45) is 0 Å². The van der Waals surface area contributed by atoms with Crippen LogP contribution in [0.4, 0.5) is 0 Å². The van der Waals surface area contributed by atoms with E-state index in [1.807, 2.05) is 58.8 Å². The number of hydrogen-bond acceptors (Lipinski definition) is 3. The lowest BCUT2D eigenvalue weighted by atomic mass is 10.1. The predicted molar refractivity (Wildman–Crippen MR) is 92.7 cm³/mol. The number of carbonyl (C=O) groups excluding carboxylic acids is 1. The van der Waals surface area contributed by atoms with Gasteiger partial charge in [0.15, 0.2) is 5.65 Å². The van der Waals surface area contributed by atoms with E-state index in [0.29, 0.717) is 6.42 Å². The molecule has 0 unspecified atom stereocenters. The van der Waals surface area contributed by atoms with E-state index >= 15 is 0 Å². The molecule has 1 saturated heterocycles. The normalized spacial score (nSPS) is 14.5. The third-order valence-corrected chi connectivity index (χ3v) is 4.52. The van der Waals surface area contributed by atoms with Crippen LogP contribution in [0.2, 0.25) is 0 Å². The summed E-state index contributed by atoms with van der Waals surface area (Å²) in [7, 11) is 0. The molecule has 5 heteroatoms. The van der Waals surface area contributed by atoms with Gasteiger partial charge in [0.1, 0.15) is 0 Å². The molecule has 3 heterocycles. The summed E-state index contributed by atoms with van der Waals surface area (Å²) >= 11 is 0. The Bertz CT molecular complexity index is 879. The summed E-state index contributed by atoms with van der Waals surface area (Å²) in [6, 6.07) is 14.1. The monoisotopic (exact) mass is 320 g/mol. The highest BCUT2D eigenvalue weighted by atomic mass is 16.2. The SMILES string of the molecule is Cc1cc(-c2ccccc2)nc2cc(CC(=O)N3CCCC3)nn12. The first-order chi connectivity index (χ1) is 11.7. The van der Waals surface area contributed by atoms with E-state index in [-0.39, 0.29) is 5.91 Å². The molecule has 1 aliphatic rings. The molecule has 0 bridgehead atoms. The van der Waals surface area contributed by atoms with Crippen molar-refractivity contribution in [3.8, 4) is 11.3 Å². The second kappa shape index (κ2) is 6.07. The number of hydrogen-bond donors (Lipinski definition) is 0. The highest BCUT2D eigenvalue weighted by molar-refractivity contribution is 5.79. The van der Waals surface area contributed by atoms with E-state index in [0.717, 1.165) is 54.2 Å². The van der Waals surface area contributed by atoms with Crippen LogP contribution in [0.3, 0.4) is 0 Å². The van der Waals surface area contributed by atoms with Gasteiger partial charge < -0.3 is 4.90 Å². The van der Waals surface area contributed by atoms with E-state index < -0.39 is 0 Å². The van der Waals surface area contributed by atoms with Crippen molar-refractivity contribution >= 4 is 11.6 Å². The first-order valence-electron chi connectivity index (χ1n) is 8.40. The summed E-state index contributed by atoms with van der Waals surface area (Å²) in [6.07, 6.45) is 2.57. The van der Waals surface area contributed by atoms with Crippen LogP contribution in [0.5, 0.6) is 0 Å². The summed E-state index contributed by atoms with van der Waals surface area (Å²) in [5.74, 6) is 0.164. The van der Waals surface area contributed by atoms with Crippen LogP contribution in [0, 0.1) is 6.92 Å². The zero-order valence-corrected chi connectivity index (χ0v) is 13.8. The maximum absolute atomic E-state index is 12.3. The molecule has 4 rings (SSSR count). The number of nitrogens with zero attached hydrogens (tertiary/aromatic N) is 4. The van der Waals surface area contributed by atoms with E-state index in [2.05, 4.69) is 5.10 Å². The molecule has 2 aromatic heterocycles. The number of likely N-dealkylation sites (tertiary alicyclic amines) is 1. The first kappa shape index (κ1) is 14.9. The van der Waals surface area contributed by atoms with Gasteiger partial charge in [-0.3, -0.25) is 4.79 Å². The highest BCUT2D eigenvalue weighted by Gasteiger charge is 2.19. The standard InChI is InChI=1S/C19H20N4O/c1-14-11-17(15-7-3-2-4-8-15)20-18-12-16(21-23(14)18)13-19(24)22-9-5-6-10-22/h2-4,7-8,11-12H,5-6,9-10,13H2,1H3. The second-order valence-electron chi connectivity index (χ2n) is 6.32. The van der Waals surface area contributed by atoms with E-state index in [4.69, 9.17) is 4.98 Å². The lowest BCUT2D eigenvalue weighted by molar-refractivity contribution is -0.129. The maximum atomic E-state index is 12.3. The first-order valence-corrected chi connectivity index (χ1v) is 8.40. The van der Waals surface area contributed by atoms with Crippen molar-refractivity contribution in [1.82, 2.24) is 19.5 Å². The van der Waals surface area contributed by atoms with Gasteiger partial charge in [0.25, 0.3) is 0 Å². The Morgan fingerprint density at radius 3 is 2.62 bits per heavy atom. The molecule has 5 nitrogen and oxygen atoms in total. The molecule has 1 amide bonds. The van der Waals surface area contributed by atoms with Gasteiger partial charge in [-0.05, 0) is 25.8 Å². The Hall–Kier alpha value is -2.69. The summed E-state index contributed by atoms with van der Waals surface area (Å²) in [6.45, 7) is 3.77. The van der Waals surface area contributed by atoms with Crippen LogP contribution < -0.4 is 0 Å². The second-order valence-corrected chi connectivity index (χ2v) is 6.32. The van der Waals surface area contributed by atoms with Gasteiger partial charge in [-0.25, -0.2) is 9.50 Å². The number of fused-ring (bicyclic) bond motifs is 1. The van der Waals surface area contributed by atoms with Gasteiger partial charge in [-0.15, -0.1) is 0 Å². The van der Waals surface area contributed by atoms with Gasteiger partial charge in [-0.2, -0.15) is 5.10 Å². The molecular weight excluding hydrogens is 300 g/mol. The number of benzene rings is 1. The zero-order chi connectivity index (χ0) is 16.5. The minimum atomic E-state index is 0.164.